The fraction of sp³-hybridized carbons (Fsp3) is 0.286. The quantitative estimate of drug-likeness (QED) is 0.908. The SMILES string of the molecule is COc1ccc(-c2nccnc2CN)c(OC)c1C. The zero-order valence-electron chi connectivity index (χ0n) is 11.3. The average Bonchev–Trinajstić information content (AvgIpc) is 2.46. The molecule has 0 radical (unpaired) electrons. The maximum absolute atomic E-state index is 5.71. The molecule has 5 nitrogen and oxygen atoms in total. The molecule has 0 saturated heterocycles. The number of hydrogen-bond acceptors (Lipinski definition) is 5. The number of nitrogens with zero attached hydrogens (tertiary/aromatic N) is 2. The van der Waals surface area contributed by atoms with Crippen LogP contribution in [0.25, 0.3) is 11.3 Å². The molecule has 0 saturated carbocycles. The van der Waals surface area contributed by atoms with Crippen LogP contribution in [0, 0.1) is 6.92 Å². The molecule has 0 bridgehead atoms. The van der Waals surface area contributed by atoms with Crippen molar-refractivity contribution in [3.63, 3.8) is 0 Å². The molecule has 19 heavy (non-hydrogen) atoms. The van der Waals surface area contributed by atoms with Crippen molar-refractivity contribution in [2.45, 2.75) is 13.5 Å². The van der Waals surface area contributed by atoms with Crippen molar-refractivity contribution in [3.8, 4) is 22.8 Å². The van der Waals surface area contributed by atoms with Gasteiger partial charge in [-0.25, -0.2) is 0 Å². The molecule has 2 aromatic rings. The average molecular weight is 259 g/mol. The summed E-state index contributed by atoms with van der Waals surface area (Å²) in [5.74, 6) is 1.51. The standard InChI is InChI=1S/C14H17N3O2/c1-9-12(18-2)5-4-10(14(9)19-3)13-11(8-15)16-6-7-17-13/h4-7H,8,15H2,1-3H3. The lowest BCUT2D eigenvalue weighted by molar-refractivity contribution is 0.390. The fourth-order valence-corrected chi connectivity index (χ4v) is 2.09. The summed E-state index contributed by atoms with van der Waals surface area (Å²) in [7, 11) is 3.26. The van der Waals surface area contributed by atoms with Crippen LogP contribution in [-0.2, 0) is 6.54 Å². The number of aromatic nitrogens is 2. The van der Waals surface area contributed by atoms with Gasteiger partial charge in [0.1, 0.15) is 11.5 Å². The molecule has 100 valence electrons. The van der Waals surface area contributed by atoms with Crippen molar-refractivity contribution in [1.29, 1.82) is 0 Å². The van der Waals surface area contributed by atoms with Gasteiger partial charge in [0.15, 0.2) is 0 Å². The first-order chi connectivity index (χ1) is 9.22. The minimum Gasteiger partial charge on any atom is -0.496 e. The molecule has 2 N–H and O–H groups in total. The zero-order chi connectivity index (χ0) is 13.8. The summed E-state index contributed by atoms with van der Waals surface area (Å²) in [5.41, 5.74) is 8.99. The van der Waals surface area contributed by atoms with E-state index in [4.69, 9.17) is 15.2 Å². The number of ether oxygens (including phenoxy) is 2. The molecular weight excluding hydrogens is 242 g/mol. The number of rotatable bonds is 4. The van der Waals surface area contributed by atoms with E-state index in [1.807, 2.05) is 19.1 Å². The van der Waals surface area contributed by atoms with Crippen molar-refractivity contribution in [1.82, 2.24) is 9.97 Å². The van der Waals surface area contributed by atoms with E-state index in [0.717, 1.165) is 34.0 Å². The van der Waals surface area contributed by atoms with Crippen LogP contribution in [0.3, 0.4) is 0 Å². The van der Waals surface area contributed by atoms with Crippen molar-refractivity contribution in [3.05, 3.63) is 35.8 Å². The summed E-state index contributed by atoms with van der Waals surface area (Å²) in [5, 5.41) is 0. The van der Waals surface area contributed by atoms with E-state index >= 15 is 0 Å². The summed E-state index contributed by atoms with van der Waals surface area (Å²) in [6.45, 7) is 2.27. The van der Waals surface area contributed by atoms with Gasteiger partial charge in [-0.2, -0.15) is 0 Å². The first kappa shape index (κ1) is 13.3. The van der Waals surface area contributed by atoms with Crippen LogP contribution in [0.2, 0.25) is 0 Å². The topological polar surface area (TPSA) is 70.3 Å². The Morgan fingerprint density at radius 2 is 1.84 bits per heavy atom. The van der Waals surface area contributed by atoms with E-state index in [-0.39, 0.29) is 0 Å². The van der Waals surface area contributed by atoms with Crippen molar-refractivity contribution in [2.24, 2.45) is 5.73 Å². The van der Waals surface area contributed by atoms with Crippen LogP contribution in [0.4, 0.5) is 0 Å². The molecular formula is C14H17N3O2. The highest BCUT2D eigenvalue weighted by Gasteiger charge is 2.16. The minimum atomic E-state index is 0.331. The maximum atomic E-state index is 5.71. The molecule has 1 aromatic carbocycles. The Balaban J connectivity index is 2.65. The van der Waals surface area contributed by atoms with Crippen LogP contribution in [0.1, 0.15) is 11.3 Å². The Labute approximate surface area is 112 Å². The van der Waals surface area contributed by atoms with Gasteiger partial charge in [0, 0.05) is 30.1 Å². The third kappa shape index (κ3) is 2.37. The normalized spacial score (nSPS) is 10.3. The van der Waals surface area contributed by atoms with Crippen LogP contribution in [-0.4, -0.2) is 24.2 Å². The van der Waals surface area contributed by atoms with Crippen LogP contribution in [0.5, 0.6) is 11.5 Å². The molecule has 5 heteroatoms. The van der Waals surface area contributed by atoms with Crippen LogP contribution < -0.4 is 15.2 Å². The van der Waals surface area contributed by atoms with Gasteiger partial charge in [-0.05, 0) is 19.1 Å². The van der Waals surface area contributed by atoms with Gasteiger partial charge in [0.25, 0.3) is 0 Å². The van der Waals surface area contributed by atoms with Crippen molar-refractivity contribution < 1.29 is 9.47 Å². The van der Waals surface area contributed by atoms with Crippen molar-refractivity contribution in [2.75, 3.05) is 14.2 Å². The second-order valence-corrected chi connectivity index (χ2v) is 4.03. The lowest BCUT2D eigenvalue weighted by Crippen LogP contribution is -2.05. The fourth-order valence-electron chi connectivity index (χ4n) is 2.09. The summed E-state index contributed by atoms with van der Waals surface area (Å²) < 4.78 is 10.8. The number of methoxy groups -OCH3 is 2. The smallest absolute Gasteiger partial charge is 0.134 e. The van der Waals surface area contributed by atoms with Crippen LogP contribution >= 0.6 is 0 Å². The molecule has 1 heterocycles. The number of hydrogen-bond donors (Lipinski definition) is 1. The molecule has 0 spiro atoms. The highest BCUT2D eigenvalue weighted by molar-refractivity contribution is 5.72. The second kappa shape index (κ2) is 5.67. The van der Waals surface area contributed by atoms with E-state index in [1.54, 1.807) is 26.6 Å². The van der Waals surface area contributed by atoms with Gasteiger partial charge < -0.3 is 15.2 Å². The summed E-state index contributed by atoms with van der Waals surface area (Å²) in [6.07, 6.45) is 3.28. The number of nitrogens with two attached hydrogens (primary N) is 1. The predicted octanol–water partition coefficient (Wildman–Crippen LogP) is 1.93. The van der Waals surface area contributed by atoms with E-state index in [0.29, 0.717) is 6.54 Å². The largest absolute Gasteiger partial charge is 0.496 e. The molecule has 0 unspecified atom stereocenters. The first-order valence-electron chi connectivity index (χ1n) is 5.94. The molecule has 0 atom stereocenters. The predicted molar refractivity (Wildman–Crippen MR) is 73.2 cm³/mol. The monoisotopic (exact) mass is 259 g/mol. The van der Waals surface area contributed by atoms with Gasteiger partial charge in [0.05, 0.1) is 25.6 Å². The van der Waals surface area contributed by atoms with Gasteiger partial charge in [0.2, 0.25) is 0 Å². The summed E-state index contributed by atoms with van der Waals surface area (Å²) in [4.78, 5) is 8.61. The van der Waals surface area contributed by atoms with E-state index in [2.05, 4.69) is 9.97 Å². The van der Waals surface area contributed by atoms with E-state index in [9.17, 15) is 0 Å². The Kier molecular flexibility index (Phi) is 3.97. The van der Waals surface area contributed by atoms with Gasteiger partial charge in [-0.1, -0.05) is 0 Å². The summed E-state index contributed by atoms with van der Waals surface area (Å²) in [6, 6.07) is 3.80. The Hall–Kier alpha value is -2.14. The molecule has 0 amide bonds. The first-order valence-corrected chi connectivity index (χ1v) is 5.94. The Morgan fingerprint density at radius 1 is 1.11 bits per heavy atom. The lowest BCUT2D eigenvalue weighted by atomic mass is 10.0. The molecule has 2 rings (SSSR count). The highest BCUT2D eigenvalue weighted by atomic mass is 16.5. The number of benzene rings is 1. The Morgan fingerprint density at radius 3 is 2.47 bits per heavy atom. The highest BCUT2D eigenvalue weighted by Crippen LogP contribution is 2.37. The van der Waals surface area contributed by atoms with Gasteiger partial charge in [-0.15, -0.1) is 0 Å². The van der Waals surface area contributed by atoms with E-state index in [1.165, 1.54) is 0 Å². The summed E-state index contributed by atoms with van der Waals surface area (Å²) >= 11 is 0. The molecule has 1 aromatic heterocycles. The van der Waals surface area contributed by atoms with Crippen molar-refractivity contribution >= 4 is 0 Å². The zero-order valence-corrected chi connectivity index (χ0v) is 11.3. The lowest BCUT2D eigenvalue weighted by Gasteiger charge is -2.15. The second-order valence-electron chi connectivity index (χ2n) is 4.03. The minimum absolute atomic E-state index is 0.331. The third-order valence-electron chi connectivity index (χ3n) is 3.00. The third-order valence-corrected chi connectivity index (χ3v) is 3.00. The maximum Gasteiger partial charge on any atom is 0.134 e. The molecule has 0 aliphatic rings. The molecule has 0 aliphatic heterocycles. The van der Waals surface area contributed by atoms with Gasteiger partial charge in [-0.3, -0.25) is 9.97 Å². The Bertz CT molecular complexity index is 585. The molecule has 0 fully saturated rings. The van der Waals surface area contributed by atoms with E-state index < -0.39 is 0 Å². The van der Waals surface area contributed by atoms with Crippen LogP contribution in [0.15, 0.2) is 24.5 Å². The van der Waals surface area contributed by atoms with Gasteiger partial charge >= 0.3 is 0 Å². The molecule has 0 aliphatic carbocycles.